The van der Waals surface area contributed by atoms with E-state index in [1.54, 1.807) is 0 Å². The van der Waals surface area contributed by atoms with E-state index >= 15 is 0 Å². The molecule has 1 rings (SSSR count). The van der Waals surface area contributed by atoms with Gasteiger partial charge in [-0.25, -0.2) is 0 Å². The minimum absolute atomic E-state index is 0.459. The van der Waals surface area contributed by atoms with Crippen LogP contribution in [0.25, 0.3) is 0 Å². The van der Waals surface area contributed by atoms with E-state index in [9.17, 15) is 0 Å². The molecule has 0 amide bonds. The van der Waals surface area contributed by atoms with Crippen LogP contribution in [0.2, 0.25) is 0 Å². The Bertz CT molecular complexity index is 354. The quantitative estimate of drug-likeness (QED) is 0.641. The average molecular weight is 245 g/mol. The molecule has 0 aliphatic heterocycles. The second-order valence-electron chi connectivity index (χ2n) is 5.83. The summed E-state index contributed by atoms with van der Waals surface area (Å²) in [6.07, 6.45) is 2.17. The van der Waals surface area contributed by atoms with Crippen molar-refractivity contribution >= 4 is 5.71 Å². The van der Waals surface area contributed by atoms with Crippen LogP contribution in [0.3, 0.4) is 0 Å². The minimum Gasteiger partial charge on any atom is -0.291 e. The van der Waals surface area contributed by atoms with Gasteiger partial charge in [-0.2, -0.15) is 0 Å². The van der Waals surface area contributed by atoms with Crippen LogP contribution in [0.15, 0.2) is 35.3 Å². The van der Waals surface area contributed by atoms with E-state index in [1.165, 1.54) is 11.3 Å². The van der Waals surface area contributed by atoms with Crippen LogP contribution in [0.1, 0.15) is 46.6 Å². The first-order valence-corrected chi connectivity index (χ1v) is 7.08. The van der Waals surface area contributed by atoms with Crippen molar-refractivity contribution in [2.75, 3.05) is 0 Å². The number of hydrogen-bond donors (Lipinski definition) is 0. The van der Waals surface area contributed by atoms with Crippen molar-refractivity contribution in [2.45, 2.75) is 53.5 Å². The number of aryl methyl sites for hydroxylation is 1. The lowest BCUT2D eigenvalue weighted by atomic mass is 9.93. The van der Waals surface area contributed by atoms with E-state index in [0.29, 0.717) is 17.9 Å². The molecule has 0 aromatic heterocycles. The van der Waals surface area contributed by atoms with Crippen molar-refractivity contribution < 1.29 is 0 Å². The lowest BCUT2D eigenvalue weighted by Gasteiger charge is -2.21. The largest absolute Gasteiger partial charge is 0.291 e. The molecule has 0 unspecified atom stereocenters. The topological polar surface area (TPSA) is 12.4 Å². The zero-order valence-corrected chi connectivity index (χ0v) is 12.5. The van der Waals surface area contributed by atoms with Gasteiger partial charge in [-0.15, -0.1) is 0 Å². The summed E-state index contributed by atoms with van der Waals surface area (Å²) in [5, 5.41) is 0. The van der Waals surface area contributed by atoms with Gasteiger partial charge in [0.05, 0.1) is 6.04 Å². The Labute approximate surface area is 112 Å². The van der Waals surface area contributed by atoms with E-state index in [-0.39, 0.29) is 0 Å². The zero-order valence-electron chi connectivity index (χ0n) is 12.5. The predicted molar refractivity (Wildman–Crippen MR) is 81.3 cm³/mol. The maximum atomic E-state index is 4.91. The van der Waals surface area contributed by atoms with E-state index in [0.717, 1.165) is 12.8 Å². The van der Waals surface area contributed by atoms with Gasteiger partial charge in [-0.1, -0.05) is 58.0 Å². The standard InChI is InChI=1S/C17H27N/c1-13(2)17(14(3)4)18-15(5)11-12-16-9-7-6-8-10-16/h6-10,13-14,17H,11-12H2,1-5H3. The number of hydrogen-bond acceptors (Lipinski definition) is 1. The Hall–Kier alpha value is -1.11. The zero-order chi connectivity index (χ0) is 13.5. The van der Waals surface area contributed by atoms with Crippen molar-refractivity contribution in [3.8, 4) is 0 Å². The summed E-state index contributed by atoms with van der Waals surface area (Å²) in [5.41, 5.74) is 2.68. The maximum absolute atomic E-state index is 4.91. The SMILES string of the molecule is CC(CCc1ccccc1)=NC(C(C)C)C(C)C. The van der Waals surface area contributed by atoms with Gasteiger partial charge in [0.25, 0.3) is 0 Å². The Morgan fingerprint density at radius 2 is 1.56 bits per heavy atom. The summed E-state index contributed by atoms with van der Waals surface area (Å²) in [4.78, 5) is 4.91. The van der Waals surface area contributed by atoms with Gasteiger partial charge in [-0.05, 0) is 37.2 Å². The highest BCUT2D eigenvalue weighted by atomic mass is 14.8. The van der Waals surface area contributed by atoms with Gasteiger partial charge in [0.1, 0.15) is 0 Å². The molecule has 0 radical (unpaired) electrons. The monoisotopic (exact) mass is 245 g/mol. The fraction of sp³-hybridized carbons (Fsp3) is 0.588. The Balaban J connectivity index is 2.56. The highest BCUT2D eigenvalue weighted by Crippen LogP contribution is 2.17. The van der Waals surface area contributed by atoms with Crippen LogP contribution in [0.4, 0.5) is 0 Å². The van der Waals surface area contributed by atoms with Gasteiger partial charge < -0.3 is 0 Å². The number of aliphatic imine (C=N–C) groups is 1. The van der Waals surface area contributed by atoms with Gasteiger partial charge in [0, 0.05) is 5.71 Å². The highest BCUT2D eigenvalue weighted by Gasteiger charge is 2.16. The van der Waals surface area contributed by atoms with Gasteiger partial charge >= 0.3 is 0 Å². The van der Waals surface area contributed by atoms with Crippen molar-refractivity contribution in [3.63, 3.8) is 0 Å². The third-order valence-corrected chi connectivity index (χ3v) is 3.35. The average Bonchev–Trinajstić information content (AvgIpc) is 2.34. The first-order chi connectivity index (χ1) is 8.50. The van der Waals surface area contributed by atoms with Crippen LogP contribution < -0.4 is 0 Å². The predicted octanol–water partition coefficient (Wildman–Crippen LogP) is 4.76. The van der Waals surface area contributed by atoms with E-state index in [2.05, 4.69) is 65.0 Å². The molecule has 1 aromatic rings. The lowest BCUT2D eigenvalue weighted by Crippen LogP contribution is -2.21. The van der Waals surface area contributed by atoms with E-state index in [4.69, 9.17) is 4.99 Å². The van der Waals surface area contributed by atoms with Gasteiger partial charge in [0.2, 0.25) is 0 Å². The molecule has 0 saturated carbocycles. The first-order valence-electron chi connectivity index (χ1n) is 7.08. The van der Waals surface area contributed by atoms with Crippen molar-refractivity contribution in [2.24, 2.45) is 16.8 Å². The molecule has 1 nitrogen and oxygen atoms in total. The normalized spacial score (nSPS) is 12.8. The minimum atomic E-state index is 0.459. The molecule has 0 spiro atoms. The van der Waals surface area contributed by atoms with Crippen molar-refractivity contribution in [1.29, 1.82) is 0 Å². The Kier molecular flexibility index (Phi) is 6.11. The van der Waals surface area contributed by atoms with Crippen LogP contribution in [0.5, 0.6) is 0 Å². The second-order valence-corrected chi connectivity index (χ2v) is 5.83. The molecule has 0 aliphatic carbocycles. The lowest BCUT2D eigenvalue weighted by molar-refractivity contribution is 0.388. The molecule has 0 N–H and O–H groups in total. The fourth-order valence-electron chi connectivity index (χ4n) is 2.36. The molecular formula is C17H27N. The van der Waals surface area contributed by atoms with Crippen LogP contribution >= 0.6 is 0 Å². The molecule has 1 aromatic carbocycles. The summed E-state index contributed by atoms with van der Waals surface area (Å²) in [6.45, 7) is 11.2. The Morgan fingerprint density at radius 3 is 2.06 bits per heavy atom. The Morgan fingerprint density at radius 1 is 1.00 bits per heavy atom. The third-order valence-electron chi connectivity index (χ3n) is 3.35. The summed E-state index contributed by atoms with van der Waals surface area (Å²) in [6, 6.07) is 11.1. The van der Waals surface area contributed by atoms with Gasteiger partial charge in [0.15, 0.2) is 0 Å². The molecule has 0 heterocycles. The van der Waals surface area contributed by atoms with Crippen LogP contribution in [-0.2, 0) is 6.42 Å². The fourth-order valence-corrected chi connectivity index (χ4v) is 2.36. The highest BCUT2D eigenvalue weighted by molar-refractivity contribution is 5.82. The first kappa shape index (κ1) is 14.9. The smallest absolute Gasteiger partial charge is 0.0544 e. The molecule has 18 heavy (non-hydrogen) atoms. The molecular weight excluding hydrogens is 218 g/mol. The number of benzene rings is 1. The molecule has 100 valence electrons. The van der Waals surface area contributed by atoms with E-state index in [1.807, 2.05) is 0 Å². The van der Waals surface area contributed by atoms with Crippen LogP contribution in [-0.4, -0.2) is 11.8 Å². The number of rotatable bonds is 6. The van der Waals surface area contributed by atoms with Crippen LogP contribution in [0, 0.1) is 11.8 Å². The molecule has 0 atom stereocenters. The van der Waals surface area contributed by atoms with Gasteiger partial charge in [-0.3, -0.25) is 4.99 Å². The molecule has 1 heteroatoms. The summed E-state index contributed by atoms with van der Waals surface area (Å²) in [5.74, 6) is 1.24. The third kappa shape index (κ3) is 5.03. The molecule has 0 bridgehead atoms. The van der Waals surface area contributed by atoms with E-state index < -0.39 is 0 Å². The maximum Gasteiger partial charge on any atom is 0.0544 e. The molecule has 0 fully saturated rings. The summed E-state index contributed by atoms with van der Waals surface area (Å²) in [7, 11) is 0. The summed E-state index contributed by atoms with van der Waals surface area (Å²) < 4.78 is 0. The van der Waals surface area contributed by atoms with Crippen molar-refractivity contribution in [3.05, 3.63) is 35.9 Å². The van der Waals surface area contributed by atoms with Crippen molar-refractivity contribution in [1.82, 2.24) is 0 Å². The second kappa shape index (κ2) is 7.35. The number of nitrogens with zero attached hydrogens (tertiary/aromatic N) is 1. The molecule has 0 saturated heterocycles. The summed E-state index contributed by atoms with van der Waals surface area (Å²) >= 11 is 0. The molecule has 0 aliphatic rings.